The zero-order chi connectivity index (χ0) is 13.5. The quantitative estimate of drug-likeness (QED) is 0.696. The number of ether oxygens (including phenoxy) is 1. The fourth-order valence-electron chi connectivity index (χ4n) is 2.01. The second-order valence-electron chi connectivity index (χ2n) is 4.90. The summed E-state index contributed by atoms with van der Waals surface area (Å²) >= 11 is 0. The zero-order valence-corrected chi connectivity index (χ0v) is 11.8. The summed E-state index contributed by atoms with van der Waals surface area (Å²) in [4.78, 5) is 13.1. The maximum atomic E-state index is 10.8. The fourth-order valence-corrected chi connectivity index (χ4v) is 2.01. The second-order valence-corrected chi connectivity index (χ2v) is 4.90. The molecule has 3 nitrogen and oxygen atoms in total. The Labute approximate surface area is 110 Å². The normalized spacial score (nSPS) is 12.5. The van der Waals surface area contributed by atoms with Gasteiger partial charge in [0.1, 0.15) is 12.0 Å². The van der Waals surface area contributed by atoms with Gasteiger partial charge in [-0.1, -0.05) is 20.3 Å². The van der Waals surface area contributed by atoms with E-state index in [0.717, 1.165) is 30.7 Å². The third-order valence-corrected chi connectivity index (χ3v) is 3.20. The van der Waals surface area contributed by atoms with E-state index in [-0.39, 0.29) is 0 Å². The van der Waals surface area contributed by atoms with E-state index in [9.17, 15) is 4.79 Å². The molecule has 1 aromatic carbocycles. The lowest BCUT2D eigenvalue weighted by molar-refractivity contribution is 0.112. The van der Waals surface area contributed by atoms with E-state index in [0.29, 0.717) is 11.5 Å². The zero-order valence-electron chi connectivity index (χ0n) is 11.8. The number of benzene rings is 1. The van der Waals surface area contributed by atoms with Crippen LogP contribution in [0.5, 0.6) is 5.75 Å². The molecule has 0 N–H and O–H groups in total. The van der Waals surface area contributed by atoms with E-state index in [1.807, 2.05) is 12.1 Å². The third-order valence-electron chi connectivity index (χ3n) is 3.20. The van der Waals surface area contributed by atoms with Crippen LogP contribution in [0.1, 0.15) is 36.2 Å². The highest BCUT2D eigenvalue weighted by Crippen LogP contribution is 2.21. The van der Waals surface area contributed by atoms with E-state index in [4.69, 9.17) is 4.74 Å². The average Bonchev–Trinajstić information content (AvgIpc) is 2.38. The Balaban J connectivity index is 2.78. The summed E-state index contributed by atoms with van der Waals surface area (Å²) in [6.07, 6.45) is 2.05. The molecule has 18 heavy (non-hydrogen) atoms. The molecule has 0 aromatic heterocycles. The van der Waals surface area contributed by atoms with Gasteiger partial charge in [0.15, 0.2) is 0 Å². The molecule has 100 valence electrons. The summed E-state index contributed by atoms with van der Waals surface area (Å²) in [7, 11) is 3.76. The average molecular weight is 249 g/mol. The van der Waals surface area contributed by atoms with Gasteiger partial charge in [-0.05, 0) is 31.2 Å². The van der Waals surface area contributed by atoms with Crippen LogP contribution in [-0.4, -0.2) is 31.9 Å². The first-order valence-electron chi connectivity index (χ1n) is 6.41. The highest BCUT2D eigenvalue weighted by atomic mass is 16.5. The summed E-state index contributed by atoms with van der Waals surface area (Å²) in [5.41, 5.74) is 1.76. The van der Waals surface area contributed by atoms with Gasteiger partial charge in [-0.25, -0.2) is 0 Å². The number of carbonyl (C=O) groups is 1. The van der Waals surface area contributed by atoms with Crippen LogP contribution in [0.15, 0.2) is 18.2 Å². The van der Waals surface area contributed by atoms with Crippen LogP contribution in [0.2, 0.25) is 0 Å². The molecule has 1 rings (SSSR count). The Bertz CT molecular complexity index is 390. The lowest BCUT2D eigenvalue weighted by Gasteiger charge is -2.21. The Morgan fingerprint density at radius 1 is 1.44 bits per heavy atom. The van der Waals surface area contributed by atoms with Crippen LogP contribution in [0, 0.1) is 5.92 Å². The Morgan fingerprint density at radius 3 is 2.72 bits per heavy atom. The standard InChI is InChI=1S/C15H23NO2/c1-5-12(2)9-16(3)10-14-8-13(11-17)6-7-15(14)18-4/h6-8,11-12H,5,9-10H2,1-4H3. The van der Waals surface area contributed by atoms with Crippen LogP contribution in [0.3, 0.4) is 0 Å². The van der Waals surface area contributed by atoms with Gasteiger partial charge in [0.05, 0.1) is 7.11 Å². The molecule has 0 bridgehead atoms. The Kier molecular flexibility index (Phi) is 5.86. The van der Waals surface area contributed by atoms with Crippen molar-refractivity contribution in [2.45, 2.75) is 26.8 Å². The first kappa shape index (κ1) is 14.7. The number of carbonyl (C=O) groups excluding carboxylic acids is 1. The molecule has 0 heterocycles. The van der Waals surface area contributed by atoms with Crippen LogP contribution < -0.4 is 4.74 Å². The van der Waals surface area contributed by atoms with Crippen molar-refractivity contribution in [3.8, 4) is 5.75 Å². The molecule has 0 saturated heterocycles. The molecule has 0 fully saturated rings. The highest BCUT2D eigenvalue weighted by Gasteiger charge is 2.09. The van der Waals surface area contributed by atoms with Crippen LogP contribution in [-0.2, 0) is 6.54 Å². The molecular formula is C15H23NO2. The molecule has 1 aromatic rings. The summed E-state index contributed by atoms with van der Waals surface area (Å²) in [5.74, 6) is 1.52. The third kappa shape index (κ3) is 4.15. The predicted octanol–water partition coefficient (Wildman–Crippen LogP) is 2.99. The van der Waals surface area contributed by atoms with Gasteiger partial charge in [0.2, 0.25) is 0 Å². The minimum atomic E-state index is 0.676. The molecule has 1 atom stereocenters. The molecule has 0 aliphatic carbocycles. The molecule has 0 aliphatic heterocycles. The van der Waals surface area contributed by atoms with Gasteiger partial charge in [0, 0.05) is 24.2 Å². The van der Waals surface area contributed by atoms with Crippen LogP contribution in [0.25, 0.3) is 0 Å². The molecular weight excluding hydrogens is 226 g/mol. The van der Waals surface area contributed by atoms with Crippen molar-refractivity contribution in [2.24, 2.45) is 5.92 Å². The molecule has 0 aliphatic rings. The number of aldehydes is 1. The van der Waals surface area contributed by atoms with E-state index in [2.05, 4.69) is 25.8 Å². The number of hydrogen-bond donors (Lipinski definition) is 0. The van der Waals surface area contributed by atoms with Crippen LogP contribution in [0.4, 0.5) is 0 Å². The van der Waals surface area contributed by atoms with Crippen molar-refractivity contribution >= 4 is 6.29 Å². The monoisotopic (exact) mass is 249 g/mol. The van der Waals surface area contributed by atoms with Crippen LogP contribution >= 0.6 is 0 Å². The molecule has 0 amide bonds. The molecule has 3 heteroatoms. The van der Waals surface area contributed by atoms with Gasteiger partial charge in [-0.15, -0.1) is 0 Å². The van der Waals surface area contributed by atoms with Gasteiger partial charge in [-0.2, -0.15) is 0 Å². The molecule has 0 radical (unpaired) electrons. The lowest BCUT2D eigenvalue weighted by atomic mass is 10.1. The maximum absolute atomic E-state index is 10.8. The van der Waals surface area contributed by atoms with Gasteiger partial charge in [0.25, 0.3) is 0 Å². The van der Waals surface area contributed by atoms with E-state index >= 15 is 0 Å². The minimum Gasteiger partial charge on any atom is -0.496 e. The van der Waals surface area contributed by atoms with E-state index < -0.39 is 0 Å². The molecule has 0 spiro atoms. The Hall–Kier alpha value is -1.35. The van der Waals surface area contributed by atoms with Crippen molar-refractivity contribution < 1.29 is 9.53 Å². The minimum absolute atomic E-state index is 0.676. The van der Waals surface area contributed by atoms with Crippen molar-refractivity contribution in [1.82, 2.24) is 4.90 Å². The first-order chi connectivity index (χ1) is 8.60. The number of hydrogen-bond acceptors (Lipinski definition) is 3. The summed E-state index contributed by atoms with van der Waals surface area (Å²) in [5, 5.41) is 0. The SMILES string of the molecule is CCC(C)CN(C)Cc1cc(C=O)ccc1OC. The highest BCUT2D eigenvalue weighted by molar-refractivity contribution is 5.75. The van der Waals surface area contributed by atoms with Gasteiger partial charge < -0.3 is 9.64 Å². The van der Waals surface area contributed by atoms with Crippen molar-refractivity contribution in [2.75, 3.05) is 20.7 Å². The Morgan fingerprint density at radius 2 is 2.17 bits per heavy atom. The summed E-state index contributed by atoms with van der Waals surface area (Å²) in [6.45, 7) is 6.29. The first-order valence-corrected chi connectivity index (χ1v) is 6.41. The van der Waals surface area contributed by atoms with Gasteiger partial charge >= 0.3 is 0 Å². The maximum Gasteiger partial charge on any atom is 0.150 e. The van der Waals surface area contributed by atoms with Gasteiger partial charge in [-0.3, -0.25) is 4.79 Å². The second kappa shape index (κ2) is 7.17. The topological polar surface area (TPSA) is 29.5 Å². The summed E-state index contributed by atoms with van der Waals surface area (Å²) in [6, 6.07) is 5.54. The number of rotatable bonds is 7. The largest absolute Gasteiger partial charge is 0.496 e. The van der Waals surface area contributed by atoms with E-state index in [1.165, 1.54) is 6.42 Å². The fraction of sp³-hybridized carbons (Fsp3) is 0.533. The number of nitrogens with zero attached hydrogens (tertiary/aromatic N) is 1. The number of methoxy groups -OCH3 is 1. The smallest absolute Gasteiger partial charge is 0.150 e. The van der Waals surface area contributed by atoms with Crippen molar-refractivity contribution in [3.05, 3.63) is 29.3 Å². The van der Waals surface area contributed by atoms with Crippen molar-refractivity contribution in [1.29, 1.82) is 0 Å². The molecule has 1 unspecified atom stereocenters. The van der Waals surface area contributed by atoms with E-state index in [1.54, 1.807) is 13.2 Å². The predicted molar refractivity (Wildman–Crippen MR) is 74.2 cm³/mol. The van der Waals surface area contributed by atoms with Crippen molar-refractivity contribution in [3.63, 3.8) is 0 Å². The lowest BCUT2D eigenvalue weighted by Crippen LogP contribution is -2.24. The summed E-state index contributed by atoms with van der Waals surface area (Å²) < 4.78 is 5.33. The molecule has 0 saturated carbocycles.